The minimum absolute atomic E-state index is 0.000147. The van der Waals surface area contributed by atoms with Crippen LogP contribution in [-0.2, 0) is 7.05 Å². The molecule has 1 saturated heterocycles. The predicted molar refractivity (Wildman–Crippen MR) is 122 cm³/mol. The monoisotopic (exact) mass is 425 g/mol. The Morgan fingerprint density at radius 3 is 2.31 bits per heavy atom. The van der Waals surface area contributed by atoms with Gasteiger partial charge in [0.1, 0.15) is 5.69 Å². The lowest BCUT2D eigenvalue weighted by Crippen LogP contribution is -2.49. The van der Waals surface area contributed by atoms with Crippen molar-refractivity contribution in [3.63, 3.8) is 0 Å². The average molecular weight is 425 g/mol. The predicted octanol–water partition coefficient (Wildman–Crippen LogP) is 2.90. The van der Waals surface area contributed by atoms with Crippen molar-refractivity contribution in [1.82, 2.24) is 29.9 Å². The first-order valence-corrected chi connectivity index (χ1v) is 10.6. The summed E-state index contributed by atoms with van der Waals surface area (Å²) >= 11 is 0. The van der Waals surface area contributed by atoms with Crippen molar-refractivity contribution in [2.45, 2.75) is 0 Å². The van der Waals surface area contributed by atoms with Gasteiger partial charge < -0.3 is 9.80 Å². The van der Waals surface area contributed by atoms with E-state index in [-0.39, 0.29) is 5.91 Å². The van der Waals surface area contributed by atoms with Crippen LogP contribution in [0.2, 0.25) is 0 Å². The van der Waals surface area contributed by atoms with Crippen LogP contribution in [0.5, 0.6) is 0 Å². The molecule has 0 aliphatic carbocycles. The van der Waals surface area contributed by atoms with Gasteiger partial charge in [0, 0.05) is 56.7 Å². The molecule has 1 aromatic carbocycles. The van der Waals surface area contributed by atoms with E-state index in [0.29, 0.717) is 31.9 Å². The van der Waals surface area contributed by atoms with Crippen molar-refractivity contribution in [2.75, 3.05) is 31.1 Å². The van der Waals surface area contributed by atoms with Crippen molar-refractivity contribution in [3.8, 4) is 22.5 Å². The molecule has 5 rings (SSSR count). The largest absolute Gasteiger partial charge is 0.352 e. The summed E-state index contributed by atoms with van der Waals surface area (Å²) in [4.78, 5) is 21.3. The Labute approximate surface area is 186 Å². The van der Waals surface area contributed by atoms with E-state index in [1.54, 1.807) is 17.1 Å². The molecule has 1 aliphatic rings. The minimum Gasteiger partial charge on any atom is -0.352 e. The van der Waals surface area contributed by atoms with E-state index in [9.17, 15) is 4.79 Å². The smallest absolute Gasteiger partial charge is 0.272 e. The first-order chi connectivity index (χ1) is 15.7. The van der Waals surface area contributed by atoms with Crippen LogP contribution in [0.3, 0.4) is 0 Å². The average Bonchev–Trinajstić information content (AvgIpc) is 3.26. The number of nitrogens with zero attached hydrogens (tertiary/aromatic N) is 7. The highest BCUT2D eigenvalue weighted by Gasteiger charge is 2.25. The molecule has 1 aliphatic heterocycles. The Kier molecular flexibility index (Phi) is 5.33. The highest BCUT2D eigenvalue weighted by molar-refractivity contribution is 5.94. The number of benzene rings is 1. The molecule has 32 heavy (non-hydrogen) atoms. The summed E-state index contributed by atoms with van der Waals surface area (Å²) < 4.78 is 1.67. The van der Waals surface area contributed by atoms with Gasteiger partial charge in [0.2, 0.25) is 0 Å². The molecule has 8 nitrogen and oxygen atoms in total. The van der Waals surface area contributed by atoms with Gasteiger partial charge in [-0.3, -0.25) is 14.5 Å². The molecule has 0 unspecified atom stereocenters. The topological polar surface area (TPSA) is 80.0 Å². The fourth-order valence-corrected chi connectivity index (χ4v) is 3.88. The molecule has 1 fully saturated rings. The van der Waals surface area contributed by atoms with E-state index in [1.807, 2.05) is 72.6 Å². The first kappa shape index (κ1) is 19.9. The number of aryl methyl sites for hydroxylation is 1. The molecule has 0 spiro atoms. The molecule has 0 atom stereocenters. The van der Waals surface area contributed by atoms with Gasteiger partial charge in [0.15, 0.2) is 5.82 Å². The van der Waals surface area contributed by atoms with Crippen LogP contribution >= 0.6 is 0 Å². The number of aromatic nitrogens is 5. The standard InChI is InChI=1S/C24H23N7O/c1-29-22(16-21(28-29)18-6-3-2-4-7-18)24(32)31-14-12-30(13-15-31)23-10-9-20(26-27-23)19-8-5-11-25-17-19/h2-11,16-17H,12-15H2,1H3. The van der Waals surface area contributed by atoms with E-state index < -0.39 is 0 Å². The number of rotatable bonds is 4. The maximum Gasteiger partial charge on any atom is 0.272 e. The second-order valence-corrected chi connectivity index (χ2v) is 7.70. The Morgan fingerprint density at radius 1 is 0.844 bits per heavy atom. The second-order valence-electron chi connectivity index (χ2n) is 7.70. The lowest BCUT2D eigenvalue weighted by atomic mass is 10.1. The lowest BCUT2D eigenvalue weighted by Gasteiger charge is -2.35. The van der Waals surface area contributed by atoms with Gasteiger partial charge in [0.25, 0.3) is 5.91 Å². The first-order valence-electron chi connectivity index (χ1n) is 10.6. The molecule has 3 aromatic heterocycles. The number of hydrogen-bond acceptors (Lipinski definition) is 6. The Hall–Kier alpha value is -4.07. The number of pyridine rings is 1. The zero-order chi connectivity index (χ0) is 21.9. The van der Waals surface area contributed by atoms with Crippen molar-refractivity contribution < 1.29 is 4.79 Å². The van der Waals surface area contributed by atoms with Gasteiger partial charge in [-0.25, -0.2) is 0 Å². The third-order valence-corrected chi connectivity index (χ3v) is 5.67. The van der Waals surface area contributed by atoms with Gasteiger partial charge in [-0.05, 0) is 30.3 Å². The SMILES string of the molecule is Cn1nc(-c2ccccc2)cc1C(=O)N1CCN(c2ccc(-c3cccnc3)nn2)CC1. The molecule has 0 saturated carbocycles. The van der Waals surface area contributed by atoms with E-state index in [0.717, 1.165) is 28.3 Å². The van der Waals surface area contributed by atoms with Gasteiger partial charge in [0.05, 0.1) is 11.4 Å². The number of carbonyl (C=O) groups is 1. The molecule has 0 radical (unpaired) electrons. The van der Waals surface area contributed by atoms with Gasteiger partial charge in [-0.2, -0.15) is 5.10 Å². The van der Waals surface area contributed by atoms with Crippen molar-refractivity contribution >= 4 is 11.7 Å². The third-order valence-electron chi connectivity index (χ3n) is 5.67. The maximum atomic E-state index is 13.1. The summed E-state index contributed by atoms with van der Waals surface area (Å²) in [6.45, 7) is 2.65. The number of piperazine rings is 1. The zero-order valence-corrected chi connectivity index (χ0v) is 17.8. The lowest BCUT2D eigenvalue weighted by molar-refractivity contribution is 0.0735. The molecule has 4 aromatic rings. The second kappa shape index (κ2) is 8.58. The molecule has 160 valence electrons. The minimum atomic E-state index is -0.000147. The highest BCUT2D eigenvalue weighted by atomic mass is 16.2. The fraction of sp³-hybridized carbons (Fsp3) is 0.208. The maximum absolute atomic E-state index is 13.1. The number of amides is 1. The number of anilines is 1. The van der Waals surface area contributed by atoms with Gasteiger partial charge in [-0.1, -0.05) is 30.3 Å². The van der Waals surface area contributed by atoms with Crippen LogP contribution in [0.15, 0.2) is 73.1 Å². The normalized spacial score (nSPS) is 13.9. The summed E-state index contributed by atoms with van der Waals surface area (Å²) in [5, 5.41) is 13.3. The van der Waals surface area contributed by atoms with Crippen LogP contribution in [-0.4, -0.2) is 61.9 Å². The summed E-state index contributed by atoms with van der Waals surface area (Å²) in [6, 6.07) is 19.5. The summed E-state index contributed by atoms with van der Waals surface area (Å²) in [5.41, 5.74) is 4.13. The third kappa shape index (κ3) is 3.94. The van der Waals surface area contributed by atoms with E-state index in [4.69, 9.17) is 0 Å². The zero-order valence-electron chi connectivity index (χ0n) is 17.8. The molecular formula is C24H23N7O. The van der Waals surface area contributed by atoms with E-state index >= 15 is 0 Å². The molecule has 1 amide bonds. The molecular weight excluding hydrogens is 402 g/mol. The number of hydrogen-bond donors (Lipinski definition) is 0. The Morgan fingerprint density at radius 2 is 1.62 bits per heavy atom. The van der Waals surface area contributed by atoms with Gasteiger partial charge in [-0.15, -0.1) is 10.2 Å². The van der Waals surface area contributed by atoms with Crippen LogP contribution < -0.4 is 4.90 Å². The van der Waals surface area contributed by atoms with Crippen LogP contribution in [0.1, 0.15) is 10.5 Å². The van der Waals surface area contributed by atoms with Crippen molar-refractivity contribution in [1.29, 1.82) is 0 Å². The Bertz CT molecular complexity index is 1200. The summed E-state index contributed by atoms with van der Waals surface area (Å²) in [6.07, 6.45) is 3.51. The van der Waals surface area contributed by atoms with Crippen molar-refractivity contribution in [2.24, 2.45) is 7.05 Å². The molecule has 0 N–H and O–H groups in total. The van der Waals surface area contributed by atoms with Crippen LogP contribution in [0, 0.1) is 0 Å². The van der Waals surface area contributed by atoms with Crippen molar-refractivity contribution in [3.05, 3.63) is 78.8 Å². The number of carbonyl (C=O) groups excluding carboxylic acids is 1. The summed E-state index contributed by atoms with van der Waals surface area (Å²) in [5.74, 6) is 0.816. The molecule has 8 heteroatoms. The van der Waals surface area contributed by atoms with Gasteiger partial charge >= 0.3 is 0 Å². The quantitative estimate of drug-likeness (QED) is 0.500. The van der Waals surface area contributed by atoms with E-state index in [2.05, 4.69) is 25.2 Å². The molecule has 4 heterocycles. The van der Waals surface area contributed by atoms with E-state index in [1.165, 1.54) is 0 Å². The molecule has 0 bridgehead atoms. The fourth-order valence-electron chi connectivity index (χ4n) is 3.88. The van der Waals surface area contributed by atoms with Crippen LogP contribution in [0.4, 0.5) is 5.82 Å². The highest BCUT2D eigenvalue weighted by Crippen LogP contribution is 2.21. The summed E-state index contributed by atoms with van der Waals surface area (Å²) in [7, 11) is 1.81. The Balaban J connectivity index is 1.24. The van der Waals surface area contributed by atoms with Crippen LogP contribution in [0.25, 0.3) is 22.5 Å².